The number of methoxy groups -OCH3 is 1. The van der Waals surface area contributed by atoms with Crippen LogP contribution in [-0.4, -0.2) is 46.4 Å². The van der Waals surface area contributed by atoms with Gasteiger partial charge in [0, 0.05) is 44.4 Å². The van der Waals surface area contributed by atoms with Crippen LogP contribution in [-0.2, 0) is 11.8 Å². The Morgan fingerprint density at radius 3 is 3.00 bits per heavy atom. The fraction of sp³-hybridized carbons (Fsp3) is 0.381. The van der Waals surface area contributed by atoms with E-state index in [-0.39, 0.29) is 0 Å². The van der Waals surface area contributed by atoms with Crippen molar-refractivity contribution in [3.8, 4) is 28.4 Å². The van der Waals surface area contributed by atoms with Crippen molar-refractivity contribution in [3.05, 3.63) is 42.9 Å². The van der Waals surface area contributed by atoms with Crippen LogP contribution in [0.5, 0.6) is 5.75 Å². The van der Waals surface area contributed by atoms with Gasteiger partial charge in [-0.15, -0.1) is 0 Å². The fourth-order valence-electron chi connectivity index (χ4n) is 3.44. The predicted molar refractivity (Wildman–Crippen MR) is 108 cm³/mol. The summed E-state index contributed by atoms with van der Waals surface area (Å²) in [7, 11) is 3.63. The van der Waals surface area contributed by atoms with Crippen LogP contribution >= 0.6 is 0 Å². The molecule has 3 heterocycles. The molecule has 146 valence electrons. The summed E-state index contributed by atoms with van der Waals surface area (Å²) >= 11 is 0. The molecule has 0 saturated carbocycles. The van der Waals surface area contributed by atoms with E-state index in [0.717, 1.165) is 54.6 Å². The Kier molecular flexibility index (Phi) is 5.53. The molecule has 1 atom stereocenters. The van der Waals surface area contributed by atoms with E-state index in [9.17, 15) is 0 Å². The number of aryl methyl sites for hydroxylation is 1. The van der Waals surface area contributed by atoms with Crippen molar-refractivity contribution in [1.29, 1.82) is 0 Å². The molecule has 28 heavy (non-hydrogen) atoms. The summed E-state index contributed by atoms with van der Waals surface area (Å²) in [6, 6.07) is 7.90. The Morgan fingerprint density at radius 2 is 2.25 bits per heavy atom. The lowest BCUT2D eigenvalue weighted by Crippen LogP contribution is -2.25. The average Bonchev–Trinajstić information content (AvgIpc) is 3.18. The smallest absolute Gasteiger partial charge is 0.223 e. The molecule has 1 aromatic carbocycles. The first kappa shape index (κ1) is 18.4. The molecule has 0 amide bonds. The average molecular weight is 379 g/mol. The summed E-state index contributed by atoms with van der Waals surface area (Å²) in [5.74, 6) is 2.69. The van der Waals surface area contributed by atoms with Crippen molar-refractivity contribution < 1.29 is 9.47 Å². The third-order valence-corrected chi connectivity index (χ3v) is 5.01. The Bertz CT molecular complexity index is 934. The zero-order valence-electron chi connectivity index (χ0n) is 16.3. The minimum Gasteiger partial charge on any atom is -0.497 e. The van der Waals surface area contributed by atoms with Crippen molar-refractivity contribution in [2.75, 3.05) is 32.2 Å². The lowest BCUT2D eigenvalue weighted by molar-refractivity contribution is 0.0594. The first-order valence-electron chi connectivity index (χ1n) is 9.55. The SMILES string of the molecule is COc1cccc(-c2cnc(NC[C@@H]3CCCOC3)nc2-c2nccn2C)c1. The van der Waals surface area contributed by atoms with Gasteiger partial charge in [0.1, 0.15) is 11.4 Å². The molecule has 0 spiro atoms. The topological polar surface area (TPSA) is 74.1 Å². The highest BCUT2D eigenvalue weighted by Crippen LogP contribution is 2.31. The van der Waals surface area contributed by atoms with E-state index in [2.05, 4.69) is 15.3 Å². The van der Waals surface area contributed by atoms with E-state index < -0.39 is 0 Å². The molecule has 0 unspecified atom stereocenters. The third kappa shape index (κ3) is 3.99. The molecule has 2 aromatic heterocycles. The van der Waals surface area contributed by atoms with Crippen molar-refractivity contribution >= 4 is 5.95 Å². The second-order valence-corrected chi connectivity index (χ2v) is 7.01. The van der Waals surface area contributed by atoms with E-state index in [0.29, 0.717) is 11.9 Å². The fourth-order valence-corrected chi connectivity index (χ4v) is 3.44. The lowest BCUT2D eigenvalue weighted by Gasteiger charge is -2.22. The van der Waals surface area contributed by atoms with Gasteiger partial charge in [-0.05, 0) is 36.5 Å². The van der Waals surface area contributed by atoms with Gasteiger partial charge in [0.2, 0.25) is 5.95 Å². The maximum Gasteiger partial charge on any atom is 0.223 e. The van der Waals surface area contributed by atoms with Gasteiger partial charge in [-0.2, -0.15) is 0 Å². The molecule has 4 rings (SSSR count). The number of hydrogen-bond acceptors (Lipinski definition) is 6. The Labute approximate surface area is 164 Å². The highest BCUT2D eigenvalue weighted by molar-refractivity contribution is 5.78. The standard InChI is InChI=1S/C21H25N5O2/c1-26-9-8-22-20(26)19-18(16-6-3-7-17(11-16)27-2)13-24-21(25-19)23-12-15-5-4-10-28-14-15/h3,6-9,11,13,15H,4-5,10,12,14H2,1-2H3,(H,23,24,25)/t15-/m0/s1. The molecule has 1 N–H and O–H groups in total. The maximum absolute atomic E-state index is 5.56. The zero-order valence-corrected chi connectivity index (χ0v) is 16.3. The van der Waals surface area contributed by atoms with Crippen LogP contribution in [0, 0.1) is 5.92 Å². The molecule has 0 radical (unpaired) electrons. The molecule has 1 aliphatic rings. The number of aromatic nitrogens is 4. The van der Waals surface area contributed by atoms with Crippen molar-refractivity contribution in [3.63, 3.8) is 0 Å². The van der Waals surface area contributed by atoms with Crippen LogP contribution in [0.2, 0.25) is 0 Å². The molecule has 0 bridgehead atoms. The van der Waals surface area contributed by atoms with E-state index in [1.165, 1.54) is 6.42 Å². The number of rotatable bonds is 6. The summed E-state index contributed by atoms with van der Waals surface area (Å²) in [6.07, 6.45) is 7.83. The van der Waals surface area contributed by atoms with Crippen LogP contribution in [0.4, 0.5) is 5.95 Å². The van der Waals surface area contributed by atoms with Crippen molar-refractivity contribution in [2.45, 2.75) is 12.8 Å². The Hall–Kier alpha value is -2.93. The summed E-state index contributed by atoms with van der Waals surface area (Å²) in [6.45, 7) is 2.46. The van der Waals surface area contributed by atoms with Gasteiger partial charge in [-0.3, -0.25) is 0 Å². The molecule has 0 aliphatic carbocycles. The third-order valence-electron chi connectivity index (χ3n) is 5.01. The van der Waals surface area contributed by atoms with Gasteiger partial charge in [-0.25, -0.2) is 15.0 Å². The number of nitrogens with zero attached hydrogens (tertiary/aromatic N) is 4. The van der Waals surface area contributed by atoms with Crippen molar-refractivity contribution in [1.82, 2.24) is 19.5 Å². The van der Waals surface area contributed by atoms with Crippen LogP contribution in [0.1, 0.15) is 12.8 Å². The minimum atomic E-state index is 0.493. The first-order valence-corrected chi connectivity index (χ1v) is 9.55. The molecular formula is C21H25N5O2. The first-order chi connectivity index (χ1) is 13.7. The predicted octanol–water partition coefficient (Wildman–Crippen LogP) is 3.39. The molecule has 1 saturated heterocycles. The maximum atomic E-state index is 5.56. The minimum absolute atomic E-state index is 0.493. The highest BCUT2D eigenvalue weighted by Gasteiger charge is 2.17. The van der Waals surface area contributed by atoms with Gasteiger partial charge in [0.05, 0.1) is 13.7 Å². The molecular weight excluding hydrogens is 354 g/mol. The number of nitrogens with one attached hydrogen (secondary N) is 1. The Balaban J connectivity index is 1.67. The number of hydrogen-bond donors (Lipinski definition) is 1. The summed E-state index contributed by atoms with van der Waals surface area (Å²) in [5.41, 5.74) is 2.70. The second kappa shape index (κ2) is 8.39. The molecule has 3 aromatic rings. The molecule has 1 aliphatic heterocycles. The lowest BCUT2D eigenvalue weighted by atomic mass is 10.0. The quantitative estimate of drug-likeness (QED) is 0.708. The Morgan fingerprint density at radius 1 is 1.32 bits per heavy atom. The largest absolute Gasteiger partial charge is 0.497 e. The van der Waals surface area contributed by atoms with Crippen LogP contribution in [0.25, 0.3) is 22.6 Å². The molecule has 7 heteroatoms. The van der Waals surface area contributed by atoms with Gasteiger partial charge >= 0.3 is 0 Å². The van der Waals surface area contributed by atoms with Crippen molar-refractivity contribution in [2.24, 2.45) is 13.0 Å². The number of imidazole rings is 1. The molecule has 7 nitrogen and oxygen atoms in total. The van der Waals surface area contributed by atoms with E-state index in [4.69, 9.17) is 14.5 Å². The van der Waals surface area contributed by atoms with Gasteiger partial charge < -0.3 is 19.4 Å². The summed E-state index contributed by atoms with van der Waals surface area (Å²) in [5, 5.41) is 3.37. The highest BCUT2D eigenvalue weighted by atomic mass is 16.5. The normalized spacial score (nSPS) is 16.7. The monoisotopic (exact) mass is 379 g/mol. The zero-order chi connectivity index (χ0) is 19.3. The summed E-state index contributed by atoms with van der Waals surface area (Å²) < 4.78 is 12.9. The van der Waals surface area contributed by atoms with Gasteiger partial charge in [0.25, 0.3) is 0 Å². The number of ether oxygens (including phenoxy) is 2. The van der Waals surface area contributed by atoms with Gasteiger partial charge in [0.15, 0.2) is 5.82 Å². The number of benzene rings is 1. The van der Waals surface area contributed by atoms with Crippen LogP contribution in [0.15, 0.2) is 42.9 Å². The van der Waals surface area contributed by atoms with E-state index in [1.54, 1.807) is 13.3 Å². The van der Waals surface area contributed by atoms with E-state index in [1.807, 2.05) is 48.3 Å². The number of anilines is 1. The van der Waals surface area contributed by atoms with Crippen LogP contribution in [0.3, 0.4) is 0 Å². The summed E-state index contributed by atoms with van der Waals surface area (Å²) in [4.78, 5) is 13.9. The second-order valence-electron chi connectivity index (χ2n) is 7.01. The van der Waals surface area contributed by atoms with E-state index >= 15 is 0 Å². The van der Waals surface area contributed by atoms with Crippen LogP contribution < -0.4 is 10.1 Å². The molecule has 1 fully saturated rings. The van der Waals surface area contributed by atoms with Gasteiger partial charge in [-0.1, -0.05) is 12.1 Å².